The third-order valence-corrected chi connectivity index (χ3v) is 2.55. The Labute approximate surface area is 127 Å². The summed E-state index contributed by atoms with van der Waals surface area (Å²) in [5, 5.41) is 6.57. The van der Waals surface area contributed by atoms with Crippen molar-refractivity contribution in [3.63, 3.8) is 0 Å². The highest BCUT2D eigenvalue weighted by atomic mass is 127. The molecule has 0 amide bonds. The van der Waals surface area contributed by atoms with Gasteiger partial charge < -0.3 is 10.6 Å². The lowest BCUT2D eigenvalue weighted by molar-refractivity contribution is 0.773. The molecular weight excluding hydrogens is 337 g/mol. The quantitative estimate of drug-likeness (QED) is 0.481. The van der Waals surface area contributed by atoms with Gasteiger partial charge in [0.2, 0.25) is 0 Å². The number of aryl methyl sites for hydroxylation is 1. The maximum atomic E-state index is 4.17. The van der Waals surface area contributed by atoms with E-state index in [4.69, 9.17) is 0 Å². The molecule has 1 rings (SSSR count). The Bertz CT molecular complexity index is 364. The zero-order chi connectivity index (χ0) is 12.5. The first kappa shape index (κ1) is 17.2. The molecule has 0 aliphatic heterocycles. The summed E-state index contributed by atoms with van der Waals surface area (Å²) >= 11 is 0. The third-order valence-electron chi connectivity index (χ3n) is 2.55. The number of aliphatic imine (C=N–C) groups is 1. The lowest BCUT2D eigenvalue weighted by Crippen LogP contribution is -2.38. The van der Waals surface area contributed by atoms with Crippen LogP contribution in [0, 0.1) is 6.92 Å². The van der Waals surface area contributed by atoms with Crippen molar-refractivity contribution in [2.24, 2.45) is 4.99 Å². The second-order valence-electron chi connectivity index (χ2n) is 4.16. The third kappa shape index (κ3) is 6.83. The van der Waals surface area contributed by atoms with E-state index in [1.165, 1.54) is 11.1 Å². The van der Waals surface area contributed by atoms with E-state index in [1.807, 2.05) is 0 Å². The minimum Gasteiger partial charge on any atom is -0.356 e. The van der Waals surface area contributed by atoms with E-state index >= 15 is 0 Å². The SMILES string of the molecule is CCCNC(=NC)NCCc1cccc(C)c1.I. The average Bonchev–Trinajstić information content (AvgIpc) is 2.33. The molecule has 4 heteroatoms. The molecule has 0 radical (unpaired) electrons. The predicted octanol–water partition coefficient (Wildman–Crippen LogP) is 2.73. The fraction of sp³-hybridized carbons (Fsp3) is 0.500. The van der Waals surface area contributed by atoms with Gasteiger partial charge in [-0.15, -0.1) is 24.0 Å². The van der Waals surface area contributed by atoms with Crippen molar-refractivity contribution in [2.75, 3.05) is 20.1 Å². The minimum atomic E-state index is 0. The molecular formula is C14H24IN3. The van der Waals surface area contributed by atoms with Crippen LogP contribution in [-0.4, -0.2) is 26.1 Å². The van der Waals surface area contributed by atoms with Crippen molar-refractivity contribution in [1.29, 1.82) is 0 Å². The van der Waals surface area contributed by atoms with E-state index in [0.717, 1.165) is 31.9 Å². The Kier molecular flexibility index (Phi) is 9.73. The van der Waals surface area contributed by atoms with Crippen molar-refractivity contribution in [2.45, 2.75) is 26.7 Å². The van der Waals surface area contributed by atoms with Gasteiger partial charge in [0, 0.05) is 20.1 Å². The van der Waals surface area contributed by atoms with Crippen molar-refractivity contribution >= 4 is 29.9 Å². The summed E-state index contributed by atoms with van der Waals surface area (Å²) in [5.41, 5.74) is 2.68. The predicted molar refractivity (Wildman–Crippen MR) is 90.0 cm³/mol. The van der Waals surface area contributed by atoms with Crippen molar-refractivity contribution < 1.29 is 0 Å². The van der Waals surface area contributed by atoms with E-state index in [2.05, 4.69) is 53.7 Å². The van der Waals surface area contributed by atoms with Crippen LogP contribution in [0.15, 0.2) is 29.3 Å². The normalized spacial score (nSPS) is 10.7. The van der Waals surface area contributed by atoms with Crippen LogP contribution >= 0.6 is 24.0 Å². The topological polar surface area (TPSA) is 36.4 Å². The highest BCUT2D eigenvalue weighted by Crippen LogP contribution is 2.03. The second kappa shape index (κ2) is 10.2. The monoisotopic (exact) mass is 361 g/mol. The smallest absolute Gasteiger partial charge is 0.190 e. The van der Waals surface area contributed by atoms with Gasteiger partial charge in [-0.1, -0.05) is 36.8 Å². The molecule has 0 aromatic heterocycles. The van der Waals surface area contributed by atoms with Crippen molar-refractivity contribution in [3.8, 4) is 0 Å². The molecule has 2 N–H and O–H groups in total. The standard InChI is InChI=1S/C14H23N3.HI/c1-4-9-16-14(15-3)17-10-8-13-7-5-6-12(2)11-13;/h5-7,11H,4,8-10H2,1-3H3,(H2,15,16,17);1H. The van der Waals surface area contributed by atoms with E-state index < -0.39 is 0 Å². The summed E-state index contributed by atoms with van der Waals surface area (Å²) in [6.07, 6.45) is 2.13. The molecule has 0 unspecified atom stereocenters. The summed E-state index contributed by atoms with van der Waals surface area (Å²) in [6, 6.07) is 8.62. The number of nitrogens with one attached hydrogen (secondary N) is 2. The summed E-state index contributed by atoms with van der Waals surface area (Å²) in [6.45, 7) is 6.14. The average molecular weight is 361 g/mol. The van der Waals surface area contributed by atoms with E-state index in [9.17, 15) is 0 Å². The fourth-order valence-electron chi connectivity index (χ4n) is 1.66. The molecule has 0 fully saturated rings. The Morgan fingerprint density at radius 2 is 1.94 bits per heavy atom. The molecule has 0 spiro atoms. The number of rotatable bonds is 5. The molecule has 18 heavy (non-hydrogen) atoms. The summed E-state index contributed by atoms with van der Waals surface area (Å²) in [4.78, 5) is 4.17. The maximum Gasteiger partial charge on any atom is 0.190 e. The van der Waals surface area contributed by atoms with Crippen LogP contribution in [0.3, 0.4) is 0 Å². The molecule has 0 atom stereocenters. The number of nitrogens with zero attached hydrogens (tertiary/aromatic N) is 1. The Morgan fingerprint density at radius 1 is 1.22 bits per heavy atom. The first-order chi connectivity index (χ1) is 8.26. The van der Waals surface area contributed by atoms with Gasteiger partial charge in [0.05, 0.1) is 0 Å². The first-order valence-electron chi connectivity index (χ1n) is 6.26. The molecule has 0 saturated carbocycles. The Balaban J connectivity index is 0.00000289. The Hall–Kier alpha value is -0.780. The minimum absolute atomic E-state index is 0. The van der Waals surface area contributed by atoms with E-state index in [-0.39, 0.29) is 24.0 Å². The lowest BCUT2D eigenvalue weighted by Gasteiger charge is -2.11. The zero-order valence-electron chi connectivity index (χ0n) is 11.5. The van der Waals surface area contributed by atoms with Gasteiger partial charge >= 0.3 is 0 Å². The highest BCUT2D eigenvalue weighted by molar-refractivity contribution is 14.0. The number of benzene rings is 1. The second-order valence-corrected chi connectivity index (χ2v) is 4.16. The van der Waals surface area contributed by atoms with Gasteiger partial charge in [-0.3, -0.25) is 4.99 Å². The van der Waals surface area contributed by atoms with Crippen LogP contribution in [-0.2, 0) is 6.42 Å². The lowest BCUT2D eigenvalue weighted by atomic mass is 10.1. The number of hydrogen-bond donors (Lipinski definition) is 2. The summed E-state index contributed by atoms with van der Waals surface area (Å²) < 4.78 is 0. The molecule has 0 aliphatic rings. The van der Waals surface area contributed by atoms with Crippen LogP contribution in [0.2, 0.25) is 0 Å². The molecule has 0 heterocycles. The largest absolute Gasteiger partial charge is 0.356 e. The molecule has 0 saturated heterocycles. The van der Waals surface area contributed by atoms with Gasteiger partial charge in [0.25, 0.3) is 0 Å². The van der Waals surface area contributed by atoms with Crippen LogP contribution in [0.1, 0.15) is 24.5 Å². The van der Waals surface area contributed by atoms with Crippen LogP contribution in [0.4, 0.5) is 0 Å². The number of guanidine groups is 1. The first-order valence-corrected chi connectivity index (χ1v) is 6.26. The number of halogens is 1. The van der Waals surface area contributed by atoms with Crippen LogP contribution in [0.25, 0.3) is 0 Å². The van der Waals surface area contributed by atoms with E-state index in [0.29, 0.717) is 0 Å². The van der Waals surface area contributed by atoms with Crippen LogP contribution < -0.4 is 10.6 Å². The molecule has 1 aromatic carbocycles. The summed E-state index contributed by atoms with van der Waals surface area (Å²) in [7, 11) is 1.80. The van der Waals surface area contributed by atoms with Crippen LogP contribution in [0.5, 0.6) is 0 Å². The molecule has 0 bridgehead atoms. The van der Waals surface area contributed by atoms with Gasteiger partial charge in [0.15, 0.2) is 5.96 Å². The van der Waals surface area contributed by atoms with Gasteiger partial charge in [-0.2, -0.15) is 0 Å². The van der Waals surface area contributed by atoms with E-state index in [1.54, 1.807) is 7.05 Å². The van der Waals surface area contributed by atoms with Crippen molar-refractivity contribution in [1.82, 2.24) is 10.6 Å². The number of hydrogen-bond acceptors (Lipinski definition) is 1. The fourth-order valence-corrected chi connectivity index (χ4v) is 1.66. The highest BCUT2D eigenvalue weighted by Gasteiger charge is 1.96. The van der Waals surface area contributed by atoms with Gasteiger partial charge in [-0.05, 0) is 25.3 Å². The van der Waals surface area contributed by atoms with Gasteiger partial charge in [0.1, 0.15) is 0 Å². The Morgan fingerprint density at radius 3 is 2.56 bits per heavy atom. The zero-order valence-corrected chi connectivity index (χ0v) is 13.8. The molecule has 3 nitrogen and oxygen atoms in total. The molecule has 0 aliphatic carbocycles. The maximum absolute atomic E-state index is 4.17. The summed E-state index contributed by atoms with van der Waals surface area (Å²) in [5.74, 6) is 0.888. The van der Waals surface area contributed by atoms with Gasteiger partial charge in [-0.25, -0.2) is 0 Å². The molecule has 102 valence electrons. The van der Waals surface area contributed by atoms with Crippen molar-refractivity contribution in [3.05, 3.63) is 35.4 Å². The molecule has 1 aromatic rings.